The van der Waals surface area contributed by atoms with Gasteiger partial charge in [0.25, 0.3) is 0 Å². The Labute approximate surface area is 115 Å². The average molecular weight is 332 g/mol. The van der Waals surface area contributed by atoms with Gasteiger partial charge < -0.3 is 4.57 Å². The number of hydrogen-bond donors (Lipinski definition) is 0. The molecule has 3 rings (SSSR count). The van der Waals surface area contributed by atoms with Gasteiger partial charge in [-0.1, -0.05) is 15.9 Å². The van der Waals surface area contributed by atoms with Gasteiger partial charge in [0.05, 0.1) is 10.9 Å². The first kappa shape index (κ1) is 12.7. The van der Waals surface area contributed by atoms with Crippen molar-refractivity contribution in [1.29, 1.82) is 0 Å². The number of aromatic nitrogens is 3. The number of benzene rings is 1. The van der Waals surface area contributed by atoms with Crippen LogP contribution in [0, 0.1) is 17.5 Å². The second-order valence-electron chi connectivity index (χ2n) is 4.40. The highest BCUT2D eigenvalue weighted by molar-refractivity contribution is 9.08. The zero-order valence-electron chi connectivity index (χ0n) is 9.71. The van der Waals surface area contributed by atoms with Crippen molar-refractivity contribution >= 4 is 15.9 Å². The minimum atomic E-state index is -1.48. The highest BCUT2D eigenvalue weighted by atomic mass is 79.9. The molecule has 0 N–H and O–H groups in total. The fraction of sp³-hybridized carbons (Fsp3) is 0.333. The third-order valence-corrected chi connectivity index (χ3v) is 3.58. The SMILES string of the molecule is Fc1ccc(-c2nnc(CBr)n2C2CC2)c(F)c1F. The molecule has 1 heterocycles. The van der Waals surface area contributed by atoms with Crippen LogP contribution < -0.4 is 0 Å². The molecule has 3 nitrogen and oxygen atoms in total. The normalized spacial score (nSPS) is 14.9. The van der Waals surface area contributed by atoms with Crippen LogP contribution in [-0.4, -0.2) is 14.8 Å². The van der Waals surface area contributed by atoms with Crippen molar-refractivity contribution in [3.63, 3.8) is 0 Å². The lowest BCUT2D eigenvalue weighted by Gasteiger charge is -2.08. The van der Waals surface area contributed by atoms with Crippen molar-refractivity contribution in [2.24, 2.45) is 0 Å². The molecule has 1 saturated carbocycles. The molecule has 2 aromatic rings. The number of hydrogen-bond acceptors (Lipinski definition) is 2. The molecule has 0 aliphatic heterocycles. The molecule has 1 aliphatic carbocycles. The molecule has 0 spiro atoms. The molecule has 0 atom stereocenters. The maximum Gasteiger partial charge on any atom is 0.195 e. The van der Waals surface area contributed by atoms with Gasteiger partial charge in [-0.05, 0) is 25.0 Å². The second-order valence-corrected chi connectivity index (χ2v) is 4.96. The van der Waals surface area contributed by atoms with Crippen molar-refractivity contribution in [2.45, 2.75) is 24.2 Å². The lowest BCUT2D eigenvalue weighted by molar-refractivity contribution is 0.448. The van der Waals surface area contributed by atoms with Gasteiger partial charge in [-0.25, -0.2) is 13.2 Å². The van der Waals surface area contributed by atoms with Crippen LogP contribution in [0.5, 0.6) is 0 Å². The molecule has 100 valence electrons. The fourth-order valence-corrected chi connectivity index (χ4v) is 2.40. The molecule has 19 heavy (non-hydrogen) atoms. The largest absolute Gasteiger partial charge is 0.307 e. The van der Waals surface area contributed by atoms with Crippen molar-refractivity contribution in [1.82, 2.24) is 14.8 Å². The first-order valence-corrected chi connectivity index (χ1v) is 6.89. The Morgan fingerprint density at radius 1 is 1.16 bits per heavy atom. The van der Waals surface area contributed by atoms with Gasteiger partial charge in [0.1, 0.15) is 5.82 Å². The molecule has 0 amide bonds. The van der Waals surface area contributed by atoms with Gasteiger partial charge >= 0.3 is 0 Å². The first-order valence-electron chi connectivity index (χ1n) is 5.77. The van der Waals surface area contributed by atoms with Gasteiger partial charge in [-0.2, -0.15) is 0 Å². The van der Waals surface area contributed by atoms with Crippen LogP contribution in [-0.2, 0) is 5.33 Å². The summed E-state index contributed by atoms with van der Waals surface area (Å²) in [4.78, 5) is 0. The van der Waals surface area contributed by atoms with E-state index in [2.05, 4.69) is 26.1 Å². The maximum atomic E-state index is 13.8. The molecule has 1 aromatic heterocycles. The predicted octanol–water partition coefficient (Wildman–Crippen LogP) is 3.59. The summed E-state index contributed by atoms with van der Waals surface area (Å²) < 4.78 is 41.8. The molecular weight excluding hydrogens is 323 g/mol. The lowest BCUT2D eigenvalue weighted by Crippen LogP contribution is -2.04. The highest BCUT2D eigenvalue weighted by Gasteiger charge is 2.31. The van der Waals surface area contributed by atoms with E-state index >= 15 is 0 Å². The Morgan fingerprint density at radius 2 is 1.89 bits per heavy atom. The van der Waals surface area contributed by atoms with Crippen LogP contribution in [0.3, 0.4) is 0 Å². The third-order valence-electron chi connectivity index (χ3n) is 3.07. The molecule has 0 saturated heterocycles. The topological polar surface area (TPSA) is 30.7 Å². The Bertz CT molecular complexity index is 637. The van der Waals surface area contributed by atoms with Crippen LogP contribution in [0.15, 0.2) is 12.1 Å². The van der Waals surface area contributed by atoms with Crippen molar-refractivity contribution in [3.05, 3.63) is 35.4 Å². The smallest absolute Gasteiger partial charge is 0.195 e. The van der Waals surface area contributed by atoms with Crippen molar-refractivity contribution in [3.8, 4) is 11.4 Å². The van der Waals surface area contributed by atoms with E-state index in [9.17, 15) is 13.2 Å². The summed E-state index contributed by atoms with van der Waals surface area (Å²) in [6.45, 7) is 0. The Hall–Kier alpha value is -1.37. The molecule has 1 aromatic carbocycles. The zero-order valence-corrected chi connectivity index (χ0v) is 11.3. The summed E-state index contributed by atoms with van der Waals surface area (Å²) in [6.07, 6.45) is 1.91. The summed E-state index contributed by atoms with van der Waals surface area (Å²) in [6, 6.07) is 2.30. The van der Waals surface area contributed by atoms with Crippen LogP contribution >= 0.6 is 15.9 Å². The average Bonchev–Trinajstić information content (AvgIpc) is 3.16. The standard InChI is InChI=1S/C12H9BrF3N3/c13-5-9-17-18-12(19(9)6-1-2-6)7-3-4-8(14)11(16)10(7)15/h3-4,6H,1-2,5H2. The fourth-order valence-electron chi connectivity index (χ4n) is 2.01. The van der Waals surface area contributed by atoms with Crippen LogP contribution in [0.25, 0.3) is 11.4 Å². The van der Waals surface area contributed by atoms with Gasteiger partial charge in [-0.3, -0.25) is 0 Å². The monoisotopic (exact) mass is 331 g/mol. The number of alkyl halides is 1. The van der Waals surface area contributed by atoms with E-state index < -0.39 is 17.5 Å². The Morgan fingerprint density at radius 3 is 2.53 bits per heavy atom. The van der Waals surface area contributed by atoms with E-state index in [1.807, 2.05) is 0 Å². The molecule has 0 unspecified atom stereocenters. The predicted molar refractivity (Wildman–Crippen MR) is 66.2 cm³/mol. The summed E-state index contributed by atoms with van der Waals surface area (Å²) in [5.74, 6) is -3.02. The van der Waals surface area contributed by atoms with Gasteiger partial charge in [-0.15, -0.1) is 10.2 Å². The molecule has 1 aliphatic rings. The second kappa shape index (κ2) is 4.63. The highest BCUT2D eigenvalue weighted by Crippen LogP contribution is 2.40. The molecular formula is C12H9BrF3N3. The summed E-state index contributed by atoms with van der Waals surface area (Å²) in [7, 11) is 0. The quantitative estimate of drug-likeness (QED) is 0.635. The van der Waals surface area contributed by atoms with E-state index in [1.54, 1.807) is 4.57 Å². The first-order chi connectivity index (χ1) is 9.13. The lowest BCUT2D eigenvalue weighted by atomic mass is 10.2. The van der Waals surface area contributed by atoms with E-state index in [-0.39, 0.29) is 17.4 Å². The summed E-state index contributed by atoms with van der Waals surface area (Å²) in [5, 5.41) is 8.33. The van der Waals surface area contributed by atoms with Gasteiger partial charge in [0.15, 0.2) is 23.3 Å². The van der Waals surface area contributed by atoms with Crippen LogP contribution in [0.1, 0.15) is 24.7 Å². The maximum absolute atomic E-state index is 13.8. The van der Waals surface area contributed by atoms with Crippen LogP contribution in [0.2, 0.25) is 0 Å². The molecule has 0 bridgehead atoms. The Kier molecular flexibility index (Phi) is 3.08. The minimum Gasteiger partial charge on any atom is -0.307 e. The molecule has 7 heteroatoms. The zero-order chi connectivity index (χ0) is 13.6. The minimum absolute atomic E-state index is 0.0644. The Balaban J connectivity index is 2.17. The third kappa shape index (κ3) is 2.05. The van der Waals surface area contributed by atoms with Crippen LogP contribution in [0.4, 0.5) is 13.2 Å². The van der Waals surface area contributed by atoms with Crippen molar-refractivity contribution < 1.29 is 13.2 Å². The van der Waals surface area contributed by atoms with E-state index in [0.717, 1.165) is 18.9 Å². The van der Waals surface area contributed by atoms with Gasteiger partial charge in [0, 0.05) is 6.04 Å². The van der Waals surface area contributed by atoms with Crippen molar-refractivity contribution in [2.75, 3.05) is 0 Å². The van der Waals surface area contributed by atoms with E-state index in [1.165, 1.54) is 6.07 Å². The molecule has 0 radical (unpaired) electrons. The van der Waals surface area contributed by atoms with E-state index in [4.69, 9.17) is 0 Å². The number of rotatable bonds is 3. The van der Waals surface area contributed by atoms with E-state index in [0.29, 0.717) is 11.2 Å². The summed E-state index contributed by atoms with van der Waals surface area (Å²) in [5.41, 5.74) is -0.0644. The number of halogens is 4. The molecule has 1 fully saturated rings. The summed E-state index contributed by atoms with van der Waals surface area (Å²) >= 11 is 3.28. The number of nitrogens with zero attached hydrogens (tertiary/aromatic N) is 3. The van der Waals surface area contributed by atoms with Gasteiger partial charge in [0.2, 0.25) is 0 Å².